The van der Waals surface area contributed by atoms with Crippen LogP contribution in [-0.4, -0.2) is 0 Å². The summed E-state index contributed by atoms with van der Waals surface area (Å²) in [4.78, 5) is 0. The topological polar surface area (TPSA) is 26.0 Å². The molecule has 0 amide bonds. The van der Waals surface area contributed by atoms with Crippen LogP contribution in [0.3, 0.4) is 0 Å². The molecular weight excluding hydrogens is 289 g/mol. The highest BCUT2D eigenvalue weighted by Crippen LogP contribution is 2.25. The standard InChI is InChI=1S/C12H11BrFNS/c13-11-6-9(14)1-2-10(11)12(15)5-8-3-4-16-7-8/h1-4,6-7,12H,5,15H2. The molecule has 2 rings (SSSR count). The van der Waals surface area contributed by atoms with Gasteiger partial charge >= 0.3 is 0 Å². The van der Waals surface area contributed by atoms with Gasteiger partial charge < -0.3 is 5.73 Å². The van der Waals surface area contributed by atoms with Gasteiger partial charge in [-0.15, -0.1) is 0 Å². The molecular formula is C12H11BrFNS. The molecule has 1 unspecified atom stereocenters. The van der Waals surface area contributed by atoms with Gasteiger partial charge in [0.1, 0.15) is 5.82 Å². The Bertz CT molecular complexity index is 470. The maximum absolute atomic E-state index is 12.9. The first-order chi connectivity index (χ1) is 7.66. The second-order valence-corrected chi connectivity index (χ2v) is 5.24. The summed E-state index contributed by atoms with van der Waals surface area (Å²) in [6.07, 6.45) is 0.772. The zero-order chi connectivity index (χ0) is 11.5. The van der Waals surface area contributed by atoms with Gasteiger partial charge in [-0.05, 0) is 46.5 Å². The Morgan fingerprint density at radius 2 is 2.19 bits per heavy atom. The van der Waals surface area contributed by atoms with E-state index in [-0.39, 0.29) is 11.9 Å². The molecule has 0 fully saturated rings. The average Bonchev–Trinajstić information content (AvgIpc) is 2.70. The molecule has 84 valence electrons. The van der Waals surface area contributed by atoms with Gasteiger partial charge in [0.15, 0.2) is 0 Å². The number of hydrogen-bond donors (Lipinski definition) is 1. The molecule has 0 aliphatic heterocycles. The molecule has 1 nitrogen and oxygen atoms in total. The van der Waals surface area contributed by atoms with Crippen molar-refractivity contribution in [2.24, 2.45) is 5.73 Å². The van der Waals surface area contributed by atoms with Crippen LogP contribution < -0.4 is 5.73 Å². The van der Waals surface area contributed by atoms with E-state index in [4.69, 9.17) is 5.73 Å². The maximum Gasteiger partial charge on any atom is 0.124 e. The SMILES string of the molecule is NC(Cc1ccsc1)c1ccc(F)cc1Br. The summed E-state index contributed by atoms with van der Waals surface area (Å²) >= 11 is 4.99. The van der Waals surface area contributed by atoms with Crippen LogP contribution in [0.1, 0.15) is 17.2 Å². The first-order valence-electron chi connectivity index (χ1n) is 4.88. The van der Waals surface area contributed by atoms with Crippen molar-refractivity contribution in [3.63, 3.8) is 0 Å². The summed E-state index contributed by atoms with van der Waals surface area (Å²) < 4.78 is 13.7. The normalized spacial score (nSPS) is 12.7. The average molecular weight is 300 g/mol. The van der Waals surface area contributed by atoms with Crippen molar-refractivity contribution >= 4 is 27.3 Å². The number of thiophene rings is 1. The second kappa shape index (κ2) is 5.08. The minimum absolute atomic E-state index is 0.107. The number of nitrogens with two attached hydrogens (primary N) is 1. The Morgan fingerprint density at radius 3 is 2.81 bits per heavy atom. The molecule has 2 aromatic rings. The highest BCUT2D eigenvalue weighted by atomic mass is 79.9. The van der Waals surface area contributed by atoms with Crippen molar-refractivity contribution in [3.05, 3.63) is 56.4 Å². The molecule has 1 atom stereocenters. The van der Waals surface area contributed by atoms with Crippen molar-refractivity contribution < 1.29 is 4.39 Å². The summed E-state index contributed by atoms with van der Waals surface area (Å²) in [5, 5.41) is 4.11. The summed E-state index contributed by atoms with van der Waals surface area (Å²) in [7, 11) is 0. The minimum Gasteiger partial charge on any atom is -0.324 e. The van der Waals surface area contributed by atoms with Gasteiger partial charge in [0.2, 0.25) is 0 Å². The Balaban J connectivity index is 2.17. The van der Waals surface area contributed by atoms with Crippen LogP contribution in [0.2, 0.25) is 0 Å². The third kappa shape index (κ3) is 2.70. The summed E-state index contributed by atoms with van der Waals surface area (Å²) in [5.74, 6) is -0.252. The highest BCUT2D eigenvalue weighted by molar-refractivity contribution is 9.10. The molecule has 0 radical (unpaired) electrons. The van der Waals surface area contributed by atoms with Crippen LogP contribution in [0.15, 0.2) is 39.5 Å². The first-order valence-corrected chi connectivity index (χ1v) is 6.62. The monoisotopic (exact) mass is 299 g/mol. The number of hydrogen-bond acceptors (Lipinski definition) is 2. The molecule has 0 bridgehead atoms. The maximum atomic E-state index is 12.9. The molecule has 1 heterocycles. The van der Waals surface area contributed by atoms with E-state index in [1.807, 2.05) is 5.38 Å². The lowest BCUT2D eigenvalue weighted by Crippen LogP contribution is -2.13. The molecule has 0 saturated heterocycles. The van der Waals surface area contributed by atoms with E-state index in [0.717, 1.165) is 16.5 Å². The fourth-order valence-corrected chi connectivity index (χ4v) is 2.90. The lowest BCUT2D eigenvalue weighted by atomic mass is 10.0. The van der Waals surface area contributed by atoms with Crippen LogP contribution >= 0.6 is 27.3 Å². The van der Waals surface area contributed by atoms with Crippen LogP contribution in [-0.2, 0) is 6.42 Å². The molecule has 16 heavy (non-hydrogen) atoms. The van der Waals surface area contributed by atoms with E-state index in [1.165, 1.54) is 17.7 Å². The third-order valence-electron chi connectivity index (χ3n) is 2.40. The predicted molar refractivity (Wildman–Crippen MR) is 69.1 cm³/mol. The van der Waals surface area contributed by atoms with Crippen LogP contribution in [0, 0.1) is 5.82 Å². The number of rotatable bonds is 3. The molecule has 1 aromatic heterocycles. The number of halogens is 2. The molecule has 0 aliphatic carbocycles. The number of benzene rings is 1. The molecule has 2 N–H and O–H groups in total. The fraction of sp³-hybridized carbons (Fsp3) is 0.167. The largest absolute Gasteiger partial charge is 0.324 e. The van der Waals surface area contributed by atoms with Gasteiger partial charge in [0.25, 0.3) is 0 Å². The highest BCUT2D eigenvalue weighted by Gasteiger charge is 2.11. The van der Waals surface area contributed by atoms with Crippen molar-refractivity contribution in [3.8, 4) is 0 Å². The van der Waals surface area contributed by atoms with Gasteiger partial charge in [-0.3, -0.25) is 0 Å². The lowest BCUT2D eigenvalue weighted by Gasteiger charge is -2.13. The Labute approximate surface area is 106 Å². The molecule has 0 spiro atoms. The van der Waals surface area contributed by atoms with Crippen molar-refractivity contribution in [1.29, 1.82) is 0 Å². The molecule has 0 aliphatic rings. The summed E-state index contributed by atoms with van der Waals surface area (Å²) in [6, 6.07) is 6.57. The lowest BCUT2D eigenvalue weighted by molar-refractivity contribution is 0.623. The fourth-order valence-electron chi connectivity index (χ4n) is 1.57. The molecule has 0 saturated carbocycles. The van der Waals surface area contributed by atoms with Gasteiger partial charge in [-0.1, -0.05) is 22.0 Å². The van der Waals surface area contributed by atoms with Crippen molar-refractivity contribution in [1.82, 2.24) is 0 Å². The second-order valence-electron chi connectivity index (χ2n) is 3.61. The van der Waals surface area contributed by atoms with Crippen molar-refractivity contribution in [2.45, 2.75) is 12.5 Å². The zero-order valence-electron chi connectivity index (χ0n) is 8.49. The van der Waals surface area contributed by atoms with Crippen LogP contribution in [0.25, 0.3) is 0 Å². The van der Waals surface area contributed by atoms with E-state index < -0.39 is 0 Å². The quantitative estimate of drug-likeness (QED) is 0.914. The van der Waals surface area contributed by atoms with Crippen molar-refractivity contribution in [2.75, 3.05) is 0 Å². The van der Waals surface area contributed by atoms with E-state index >= 15 is 0 Å². The van der Waals surface area contributed by atoms with E-state index in [0.29, 0.717) is 0 Å². The Kier molecular flexibility index (Phi) is 3.74. The summed E-state index contributed by atoms with van der Waals surface area (Å²) in [5.41, 5.74) is 8.24. The molecule has 4 heteroatoms. The Morgan fingerprint density at radius 1 is 1.38 bits per heavy atom. The van der Waals surface area contributed by atoms with E-state index in [2.05, 4.69) is 27.4 Å². The third-order valence-corrected chi connectivity index (χ3v) is 3.82. The minimum atomic E-state index is -0.252. The van der Waals surface area contributed by atoms with Gasteiger partial charge in [-0.25, -0.2) is 4.39 Å². The summed E-state index contributed by atoms with van der Waals surface area (Å²) in [6.45, 7) is 0. The predicted octanol–water partition coefficient (Wildman–Crippen LogP) is 3.89. The zero-order valence-corrected chi connectivity index (χ0v) is 10.9. The molecule has 1 aromatic carbocycles. The van der Waals surface area contributed by atoms with Crippen LogP contribution in [0.5, 0.6) is 0 Å². The van der Waals surface area contributed by atoms with Gasteiger partial charge in [0.05, 0.1) is 0 Å². The van der Waals surface area contributed by atoms with Crippen LogP contribution in [0.4, 0.5) is 4.39 Å². The first kappa shape index (κ1) is 11.8. The van der Waals surface area contributed by atoms with E-state index in [1.54, 1.807) is 17.4 Å². The Hall–Kier alpha value is -0.710. The van der Waals surface area contributed by atoms with Gasteiger partial charge in [0, 0.05) is 10.5 Å². The smallest absolute Gasteiger partial charge is 0.124 e. The van der Waals surface area contributed by atoms with E-state index in [9.17, 15) is 4.39 Å². The van der Waals surface area contributed by atoms with Gasteiger partial charge in [-0.2, -0.15) is 11.3 Å².